The van der Waals surface area contributed by atoms with Gasteiger partial charge in [-0.3, -0.25) is 4.79 Å². The second-order valence-electron chi connectivity index (χ2n) is 9.63. The number of carbonyl (C=O) groups is 1. The largest absolute Gasteiger partial charge is 0.489 e. The molecule has 5 rings (SSSR count). The van der Waals surface area contributed by atoms with E-state index in [0.717, 1.165) is 79.9 Å². The van der Waals surface area contributed by atoms with Crippen LogP contribution in [0.15, 0.2) is 48.8 Å². The molecule has 1 aromatic carbocycles. The van der Waals surface area contributed by atoms with Crippen LogP contribution in [0.5, 0.6) is 5.75 Å². The highest BCUT2D eigenvalue weighted by molar-refractivity contribution is 5.98. The quantitative estimate of drug-likeness (QED) is 0.481. The van der Waals surface area contributed by atoms with Crippen molar-refractivity contribution in [3.05, 3.63) is 54.4 Å². The Morgan fingerprint density at radius 2 is 1.79 bits per heavy atom. The van der Waals surface area contributed by atoms with Gasteiger partial charge < -0.3 is 19.1 Å². The van der Waals surface area contributed by atoms with Crippen LogP contribution in [0.3, 0.4) is 0 Å². The number of likely N-dealkylation sites (tertiary alicyclic amines) is 2. The van der Waals surface area contributed by atoms with Crippen molar-refractivity contribution in [3.63, 3.8) is 0 Å². The monoisotopic (exact) mass is 460 g/mol. The van der Waals surface area contributed by atoms with Crippen LogP contribution in [0, 0.1) is 0 Å². The minimum absolute atomic E-state index is 0.137. The minimum atomic E-state index is 0.137. The summed E-state index contributed by atoms with van der Waals surface area (Å²) in [5.41, 5.74) is 1.81. The molecule has 0 N–H and O–H groups in total. The van der Waals surface area contributed by atoms with E-state index in [1.807, 2.05) is 47.6 Å². The molecule has 2 aromatic heterocycles. The molecule has 3 aromatic rings. The summed E-state index contributed by atoms with van der Waals surface area (Å²) in [6.07, 6.45) is 10.9. The molecule has 2 saturated heterocycles. The number of carbonyl (C=O) groups excluding carboxylic acids is 1. The maximum Gasteiger partial charge on any atom is 0.253 e. The number of benzene rings is 1. The molecule has 2 aliphatic rings. The van der Waals surface area contributed by atoms with Crippen LogP contribution in [0.1, 0.15) is 62.7 Å². The van der Waals surface area contributed by atoms with Crippen LogP contribution in [0.2, 0.25) is 0 Å². The van der Waals surface area contributed by atoms with Crippen molar-refractivity contribution in [2.45, 2.75) is 64.5 Å². The maximum atomic E-state index is 12.7. The number of pyridine rings is 1. The van der Waals surface area contributed by atoms with Crippen LogP contribution in [-0.4, -0.2) is 63.6 Å². The predicted molar refractivity (Wildman–Crippen MR) is 136 cm³/mol. The number of ether oxygens (including phenoxy) is 1. The number of rotatable bonds is 7. The van der Waals surface area contributed by atoms with Gasteiger partial charge >= 0.3 is 0 Å². The highest BCUT2D eigenvalue weighted by atomic mass is 16.5. The van der Waals surface area contributed by atoms with E-state index in [0.29, 0.717) is 6.04 Å². The fourth-order valence-corrected chi connectivity index (χ4v) is 5.52. The van der Waals surface area contributed by atoms with Gasteiger partial charge in [0.05, 0.1) is 11.7 Å². The zero-order valence-corrected chi connectivity index (χ0v) is 20.4. The van der Waals surface area contributed by atoms with Gasteiger partial charge in [0.25, 0.3) is 5.91 Å². The van der Waals surface area contributed by atoms with Gasteiger partial charge in [-0.05, 0) is 74.9 Å². The van der Waals surface area contributed by atoms with Crippen molar-refractivity contribution in [1.29, 1.82) is 0 Å². The number of hydrogen-bond donors (Lipinski definition) is 0. The molecule has 6 nitrogen and oxygen atoms in total. The van der Waals surface area contributed by atoms with E-state index in [2.05, 4.69) is 34.4 Å². The number of aromatic nitrogens is 2. The van der Waals surface area contributed by atoms with E-state index in [1.165, 1.54) is 12.8 Å². The Labute approximate surface area is 202 Å². The summed E-state index contributed by atoms with van der Waals surface area (Å²) in [4.78, 5) is 22.0. The maximum absolute atomic E-state index is 12.7. The molecule has 1 amide bonds. The third kappa shape index (κ3) is 4.69. The zero-order chi connectivity index (χ0) is 23.5. The van der Waals surface area contributed by atoms with Crippen LogP contribution < -0.4 is 4.74 Å². The lowest BCUT2D eigenvalue weighted by Gasteiger charge is -2.36. The SMILES string of the molecule is CCC(CC)N1CCC(Oc2ccc(-n3ccc4cc(C(=O)N5CCCC5)ccc43)nc2)CC1. The van der Waals surface area contributed by atoms with E-state index >= 15 is 0 Å². The lowest BCUT2D eigenvalue weighted by molar-refractivity contribution is 0.0724. The molecule has 0 radical (unpaired) electrons. The Kier molecular flexibility index (Phi) is 6.86. The highest BCUT2D eigenvalue weighted by Gasteiger charge is 2.24. The van der Waals surface area contributed by atoms with E-state index in [4.69, 9.17) is 4.74 Å². The van der Waals surface area contributed by atoms with Crippen molar-refractivity contribution < 1.29 is 9.53 Å². The molecule has 2 aliphatic heterocycles. The van der Waals surface area contributed by atoms with Crippen molar-refractivity contribution >= 4 is 16.8 Å². The third-order valence-electron chi connectivity index (χ3n) is 7.54. The average molecular weight is 461 g/mol. The van der Waals surface area contributed by atoms with Gasteiger partial charge in [-0.1, -0.05) is 13.8 Å². The summed E-state index contributed by atoms with van der Waals surface area (Å²) in [5, 5.41) is 1.05. The summed E-state index contributed by atoms with van der Waals surface area (Å²) in [6, 6.07) is 12.7. The lowest BCUT2D eigenvalue weighted by Crippen LogP contribution is -2.43. The standard InChI is InChI=1S/C28H36N4O2/c1-3-23(4-2)30-16-12-24(13-17-30)34-25-8-10-27(29-20-25)32-18-11-21-19-22(7-9-26(21)32)28(33)31-14-5-6-15-31/h7-11,18-20,23-24H,3-6,12-17H2,1-2H3. The first-order valence-corrected chi connectivity index (χ1v) is 12.9. The van der Waals surface area contributed by atoms with E-state index in [1.54, 1.807) is 0 Å². The van der Waals surface area contributed by atoms with Gasteiger partial charge in [-0.25, -0.2) is 4.98 Å². The third-order valence-corrected chi connectivity index (χ3v) is 7.54. The first-order valence-electron chi connectivity index (χ1n) is 12.9. The fourth-order valence-electron chi connectivity index (χ4n) is 5.52. The molecule has 180 valence electrons. The minimum Gasteiger partial charge on any atom is -0.489 e. The summed E-state index contributed by atoms with van der Waals surface area (Å²) in [7, 11) is 0. The van der Waals surface area contributed by atoms with E-state index < -0.39 is 0 Å². The topological polar surface area (TPSA) is 50.6 Å². The first kappa shape index (κ1) is 22.9. The Balaban J connectivity index is 1.24. The molecule has 4 heterocycles. The molecule has 0 unspecified atom stereocenters. The molecule has 0 bridgehead atoms. The lowest BCUT2D eigenvalue weighted by atomic mass is 10.0. The summed E-state index contributed by atoms with van der Waals surface area (Å²) < 4.78 is 8.33. The Morgan fingerprint density at radius 1 is 1.03 bits per heavy atom. The zero-order valence-electron chi connectivity index (χ0n) is 20.4. The summed E-state index contributed by atoms with van der Waals surface area (Å²) in [6.45, 7) is 8.52. The van der Waals surface area contributed by atoms with Gasteiger partial charge in [0.1, 0.15) is 17.7 Å². The van der Waals surface area contributed by atoms with Crippen LogP contribution in [-0.2, 0) is 0 Å². The average Bonchev–Trinajstić information content (AvgIpc) is 3.56. The molecule has 0 spiro atoms. The summed E-state index contributed by atoms with van der Waals surface area (Å²) >= 11 is 0. The number of nitrogens with zero attached hydrogens (tertiary/aromatic N) is 4. The highest BCUT2D eigenvalue weighted by Crippen LogP contribution is 2.25. The Bertz CT molecular complexity index is 1110. The molecular weight excluding hydrogens is 424 g/mol. The van der Waals surface area contributed by atoms with Crippen LogP contribution in [0.25, 0.3) is 16.7 Å². The number of hydrogen-bond acceptors (Lipinski definition) is 4. The van der Waals surface area contributed by atoms with Gasteiger partial charge in [-0.15, -0.1) is 0 Å². The second-order valence-corrected chi connectivity index (χ2v) is 9.63. The van der Waals surface area contributed by atoms with E-state index in [-0.39, 0.29) is 12.0 Å². The van der Waals surface area contributed by atoms with E-state index in [9.17, 15) is 4.79 Å². The van der Waals surface area contributed by atoms with Crippen LogP contribution >= 0.6 is 0 Å². The van der Waals surface area contributed by atoms with Crippen molar-refractivity contribution in [3.8, 4) is 11.6 Å². The van der Waals surface area contributed by atoms with Crippen molar-refractivity contribution in [2.75, 3.05) is 26.2 Å². The molecule has 6 heteroatoms. The molecule has 0 aliphatic carbocycles. The Hall–Kier alpha value is -2.86. The van der Waals surface area contributed by atoms with Crippen molar-refractivity contribution in [1.82, 2.24) is 19.4 Å². The predicted octanol–water partition coefficient (Wildman–Crippen LogP) is 5.29. The van der Waals surface area contributed by atoms with Crippen LogP contribution in [0.4, 0.5) is 0 Å². The molecule has 34 heavy (non-hydrogen) atoms. The fraction of sp³-hybridized carbons (Fsp3) is 0.500. The first-order chi connectivity index (χ1) is 16.7. The molecule has 0 saturated carbocycles. The van der Waals surface area contributed by atoms with Crippen molar-refractivity contribution in [2.24, 2.45) is 0 Å². The smallest absolute Gasteiger partial charge is 0.253 e. The molecular formula is C28H36N4O2. The normalized spacial score (nSPS) is 17.7. The van der Waals surface area contributed by atoms with Gasteiger partial charge in [-0.2, -0.15) is 0 Å². The Morgan fingerprint density at radius 3 is 2.47 bits per heavy atom. The van der Waals surface area contributed by atoms with Gasteiger partial charge in [0, 0.05) is 49.4 Å². The summed E-state index contributed by atoms with van der Waals surface area (Å²) in [5.74, 6) is 1.82. The number of amides is 1. The molecule has 0 atom stereocenters. The van der Waals surface area contributed by atoms with Gasteiger partial charge in [0.2, 0.25) is 0 Å². The number of fused-ring (bicyclic) bond motifs is 1. The second kappa shape index (κ2) is 10.2. The number of piperidine rings is 1. The van der Waals surface area contributed by atoms with Gasteiger partial charge in [0.15, 0.2) is 0 Å². The molecule has 2 fully saturated rings.